The molecule has 3 aliphatic rings. The van der Waals surface area contributed by atoms with Crippen LogP contribution in [0.25, 0.3) is 5.76 Å². The normalized spacial score (nSPS) is 24.1. The molecule has 0 radical (unpaired) electrons. The number of nitrogens with zero attached hydrogens (tertiary/aromatic N) is 2. The number of methoxy groups -OCH3 is 1. The number of phenols is 1. The number of primary amides is 1. The number of aromatic hydroxyl groups is 1. The first-order valence-corrected chi connectivity index (χ1v) is 14.1. The monoisotopic (exact) mass is 621 g/mol. The van der Waals surface area contributed by atoms with E-state index in [1.54, 1.807) is 43.3 Å². The van der Waals surface area contributed by atoms with Crippen molar-refractivity contribution in [1.82, 2.24) is 4.90 Å². The molecule has 1 saturated carbocycles. The summed E-state index contributed by atoms with van der Waals surface area (Å²) in [6, 6.07) is 6.18. The van der Waals surface area contributed by atoms with E-state index in [2.05, 4.69) is 10.6 Å². The molecule has 0 spiro atoms. The Morgan fingerprint density at radius 1 is 1.04 bits per heavy atom. The number of amides is 3. The number of phenolic OH excluding ortho intramolecular Hbond substituents is 1. The molecule has 5 rings (SSSR count). The summed E-state index contributed by atoms with van der Waals surface area (Å²) in [6.45, 7) is 0. The summed E-state index contributed by atoms with van der Waals surface area (Å²) < 4.78 is 5.12. The van der Waals surface area contributed by atoms with Crippen molar-refractivity contribution in [1.29, 1.82) is 0 Å². The molecule has 1 fully saturated rings. The molecule has 2 aromatic rings. The Labute approximate surface area is 258 Å². The molecule has 1 unspecified atom stereocenters. The van der Waals surface area contributed by atoms with E-state index in [4.69, 9.17) is 10.5 Å². The van der Waals surface area contributed by atoms with Gasteiger partial charge in [-0.3, -0.25) is 19.3 Å². The van der Waals surface area contributed by atoms with E-state index >= 15 is 0 Å². The van der Waals surface area contributed by atoms with E-state index in [-0.39, 0.29) is 29.7 Å². The molecule has 3 aliphatic carbocycles. The van der Waals surface area contributed by atoms with E-state index in [0.717, 1.165) is 0 Å². The number of rotatable bonds is 6. The van der Waals surface area contributed by atoms with Crippen LogP contribution in [-0.2, 0) is 20.8 Å². The highest BCUT2D eigenvalue weighted by Crippen LogP contribution is 2.54. The average molecular weight is 622 g/mol. The van der Waals surface area contributed by atoms with Crippen molar-refractivity contribution in [2.45, 2.75) is 24.5 Å². The number of aliphatic hydroxyl groups is 3. The number of fused-ring (bicyclic) bond motifs is 3. The van der Waals surface area contributed by atoms with Crippen molar-refractivity contribution in [3.05, 3.63) is 58.4 Å². The molecule has 4 atom stereocenters. The number of carbonyl (C=O) groups is 4. The van der Waals surface area contributed by atoms with Crippen LogP contribution in [-0.4, -0.2) is 95.8 Å². The first kappa shape index (κ1) is 31.3. The number of likely N-dealkylation sites (N-methyl/N-ethyl adjacent to an activating group) is 1. The summed E-state index contributed by atoms with van der Waals surface area (Å²) in [4.78, 5) is 55.6. The number of nitrogens with one attached hydrogen (secondary N) is 2. The van der Waals surface area contributed by atoms with Crippen molar-refractivity contribution < 1.29 is 44.3 Å². The number of aliphatic hydroxyl groups excluding tert-OH is 2. The molecule has 0 aromatic heterocycles. The number of benzene rings is 2. The zero-order valence-corrected chi connectivity index (χ0v) is 25.3. The smallest absolute Gasteiger partial charge is 0.323 e. The van der Waals surface area contributed by atoms with Crippen LogP contribution in [0, 0.1) is 11.8 Å². The van der Waals surface area contributed by atoms with Gasteiger partial charge in [0.15, 0.2) is 17.1 Å². The molecule has 238 valence electrons. The summed E-state index contributed by atoms with van der Waals surface area (Å²) in [5, 5.41) is 51.0. The zero-order chi connectivity index (χ0) is 33.1. The van der Waals surface area contributed by atoms with Gasteiger partial charge in [-0.1, -0.05) is 0 Å². The van der Waals surface area contributed by atoms with Gasteiger partial charge in [-0.25, -0.2) is 4.79 Å². The number of hydrogen-bond acceptors (Lipinski definition) is 11. The number of carbonyl (C=O) groups excluding carboxylic acids is 4. The highest BCUT2D eigenvalue weighted by atomic mass is 16.5. The highest BCUT2D eigenvalue weighted by Gasteiger charge is 2.64. The van der Waals surface area contributed by atoms with Crippen molar-refractivity contribution >= 4 is 46.3 Å². The highest BCUT2D eigenvalue weighted by molar-refractivity contribution is 6.24. The third-order valence-electron chi connectivity index (χ3n) is 8.78. The van der Waals surface area contributed by atoms with Crippen LogP contribution in [0.4, 0.5) is 21.9 Å². The van der Waals surface area contributed by atoms with Crippen molar-refractivity contribution in [2.24, 2.45) is 17.6 Å². The second kappa shape index (κ2) is 11.1. The Bertz CT molecular complexity index is 1700. The second-order valence-electron chi connectivity index (χ2n) is 11.8. The van der Waals surface area contributed by atoms with E-state index < -0.39 is 69.8 Å². The molecule has 0 aliphatic heterocycles. The van der Waals surface area contributed by atoms with Crippen molar-refractivity contribution in [2.75, 3.05) is 50.8 Å². The standard InChI is InChI=1S/C31H35N5O9/c1-35(2)19-12-18(34-30(43)33-14-6-8-15(45-5)9-7-14)24(37)21-16(19)10-13-11-17-23(36(3)4)26(39)22(29(32)42)28(41)31(17,44)27(40)20(13)25(21)38/h6-9,12-13,17,23,37-38,41,44H,10-11H2,1-5H3,(H2,32,42)(H2,33,34,43)/t13-,17+,23?,31-/m0/s1. The summed E-state index contributed by atoms with van der Waals surface area (Å²) in [7, 11) is 8.04. The molecular formula is C31H35N5O9. The molecule has 0 saturated heterocycles. The van der Waals surface area contributed by atoms with Crippen molar-refractivity contribution in [3.63, 3.8) is 0 Å². The molecule has 14 heteroatoms. The van der Waals surface area contributed by atoms with E-state index in [1.807, 2.05) is 0 Å². The van der Waals surface area contributed by atoms with E-state index in [1.165, 1.54) is 32.2 Å². The Hall–Kier alpha value is -5.08. The lowest BCUT2D eigenvalue weighted by Gasteiger charge is -2.50. The second-order valence-corrected chi connectivity index (χ2v) is 11.8. The summed E-state index contributed by atoms with van der Waals surface area (Å²) in [6.07, 6.45) is 0.0671. The third-order valence-corrected chi connectivity index (χ3v) is 8.78. The molecule has 0 bridgehead atoms. The summed E-state index contributed by atoms with van der Waals surface area (Å²) in [5.41, 5.74) is 2.65. The number of anilines is 3. The molecular weight excluding hydrogens is 586 g/mol. The Kier molecular flexibility index (Phi) is 7.75. The minimum Gasteiger partial charge on any atom is -0.508 e. The number of hydrogen-bond donors (Lipinski definition) is 7. The van der Waals surface area contributed by atoms with Gasteiger partial charge in [0, 0.05) is 37.0 Å². The van der Waals surface area contributed by atoms with Crippen LogP contribution >= 0.6 is 0 Å². The Balaban J connectivity index is 1.61. The summed E-state index contributed by atoms with van der Waals surface area (Å²) >= 11 is 0. The first-order chi connectivity index (χ1) is 21.1. The van der Waals surface area contributed by atoms with Crippen LogP contribution in [0.2, 0.25) is 0 Å². The topological polar surface area (TPSA) is 215 Å². The fourth-order valence-electron chi connectivity index (χ4n) is 6.75. The maximum Gasteiger partial charge on any atom is 0.323 e. The lowest BCUT2D eigenvalue weighted by Crippen LogP contribution is -2.65. The van der Waals surface area contributed by atoms with Gasteiger partial charge in [0.2, 0.25) is 5.78 Å². The van der Waals surface area contributed by atoms with Gasteiger partial charge < -0.3 is 46.4 Å². The molecule has 0 heterocycles. The quantitative estimate of drug-likeness (QED) is 0.182. The predicted molar refractivity (Wildman–Crippen MR) is 164 cm³/mol. The molecule has 2 aromatic carbocycles. The van der Waals surface area contributed by atoms with Gasteiger partial charge in [0.1, 0.15) is 22.8 Å². The summed E-state index contributed by atoms with van der Waals surface area (Å²) in [5.74, 6) is -6.94. The van der Waals surface area contributed by atoms with Crippen LogP contribution in [0.3, 0.4) is 0 Å². The fraction of sp³-hybridized carbons (Fsp3) is 0.355. The van der Waals surface area contributed by atoms with Gasteiger partial charge in [-0.15, -0.1) is 0 Å². The SMILES string of the molecule is COc1ccc(NC(=O)Nc2cc(N(C)C)c3c(c2O)C(O)=C2C(=O)[C@]4(O)C(O)=C(C(N)=O)C(=O)C(N(C)C)[C@H]4C[C@@H]2C3)cc1. The van der Waals surface area contributed by atoms with Crippen LogP contribution in [0.5, 0.6) is 11.5 Å². The van der Waals surface area contributed by atoms with E-state index in [9.17, 15) is 39.6 Å². The number of ether oxygens (including phenoxy) is 1. The van der Waals surface area contributed by atoms with Crippen molar-refractivity contribution in [3.8, 4) is 11.5 Å². The maximum absolute atomic E-state index is 14.1. The minimum absolute atomic E-state index is 0.0380. The lowest BCUT2D eigenvalue weighted by molar-refractivity contribution is -0.153. The zero-order valence-electron chi connectivity index (χ0n) is 25.3. The van der Waals surface area contributed by atoms with Crippen LogP contribution < -0.4 is 26.0 Å². The van der Waals surface area contributed by atoms with E-state index in [0.29, 0.717) is 22.7 Å². The van der Waals surface area contributed by atoms with Gasteiger partial charge in [0.05, 0.1) is 24.4 Å². The lowest BCUT2D eigenvalue weighted by atomic mass is 9.57. The number of nitrogens with two attached hydrogens (primary N) is 1. The Morgan fingerprint density at radius 2 is 1.69 bits per heavy atom. The Morgan fingerprint density at radius 3 is 2.24 bits per heavy atom. The fourth-order valence-corrected chi connectivity index (χ4v) is 6.75. The van der Waals surface area contributed by atoms with Gasteiger partial charge >= 0.3 is 6.03 Å². The maximum atomic E-state index is 14.1. The van der Waals surface area contributed by atoms with Gasteiger partial charge in [0.25, 0.3) is 5.91 Å². The van der Waals surface area contributed by atoms with Gasteiger partial charge in [-0.2, -0.15) is 0 Å². The van der Waals surface area contributed by atoms with Crippen LogP contribution in [0.1, 0.15) is 17.5 Å². The van der Waals surface area contributed by atoms with Gasteiger partial charge in [-0.05, 0) is 68.8 Å². The molecule has 8 N–H and O–H groups in total. The number of urea groups is 1. The molecule has 45 heavy (non-hydrogen) atoms. The average Bonchev–Trinajstić information content (AvgIpc) is 2.96. The predicted octanol–water partition coefficient (Wildman–Crippen LogP) is 1.68. The number of ketones is 2. The minimum atomic E-state index is -2.75. The molecule has 14 nitrogen and oxygen atoms in total. The largest absolute Gasteiger partial charge is 0.508 e. The number of Topliss-reactive ketones (excluding diaryl/α,β-unsaturated/α-hetero) is 2. The first-order valence-electron chi connectivity index (χ1n) is 14.1. The third kappa shape index (κ3) is 4.82. The van der Waals surface area contributed by atoms with Crippen LogP contribution in [0.15, 0.2) is 47.2 Å². The molecule has 3 amide bonds.